The molecule has 3 heteroatoms. The van der Waals surface area contributed by atoms with Crippen LogP contribution in [0, 0.1) is 0 Å². The fraction of sp³-hybridized carbons (Fsp3) is 0.562. The van der Waals surface area contributed by atoms with Gasteiger partial charge in [0, 0.05) is 17.3 Å². The Hall–Kier alpha value is -1.02. The molecule has 2 rings (SSSR count). The average Bonchev–Trinajstić information content (AvgIpc) is 2.78. The zero-order valence-electron chi connectivity index (χ0n) is 11.9. The Labute approximate surface area is 120 Å². The second-order valence-electron chi connectivity index (χ2n) is 5.06. The van der Waals surface area contributed by atoms with Crippen LogP contribution in [0.4, 0.5) is 0 Å². The lowest BCUT2D eigenvalue weighted by molar-refractivity contribution is 0.621. The maximum atomic E-state index is 6.27. The molecule has 0 amide bonds. The highest BCUT2D eigenvalue weighted by Gasteiger charge is 2.10. The Morgan fingerprint density at radius 3 is 2.74 bits per heavy atom. The summed E-state index contributed by atoms with van der Waals surface area (Å²) in [7, 11) is 0. The fourth-order valence-corrected chi connectivity index (χ4v) is 2.94. The third-order valence-electron chi connectivity index (χ3n) is 3.57. The molecule has 0 aliphatic rings. The first kappa shape index (κ1) is 14.4. The lowest BCUT2D eigenvalue weighted by atomic mass is 10.1. The van der Waals surface area contributed by atoms with Crippen molar-refractivity contribution in [1.29, 1.82) is 0 Å². The Kier molecular flexibility index (Phi) is 5.26. The molecule has 0 saturated heterocycles. The summed E-state index contributed by atoms with van der Waals surface area (Å²) >= 11 is 6.27. The Morgan fingerprint density at radius 1 is 1.21 bits per heavy atom. The van der Waals surface area contributed by atoms with Crippen LogP contribution < -0.4 is 0 Å². The van der Waals surface area contributed by atoms with Crippen molar-refractivity contribution in [3.63, 3.8) is 0 Å². The van der Waals surface area contributed by atoms with E-state index in [0.29, 0.717) is 5.38 Å². The molecular formula is C16H23ClN2. The van der Waals surface area contributed by atoms with Crippen LogP contribution in [0.1, 0.15) is 45.2 Å². The third kappa shape index (κ3) is 3.50. The number of alkyl halides is 1. The number of benzene rings is 1. The lowest BCUT2D eigenvalue weighted by Gasteiger charge is -2.06. The van der Waals surface area contributed by atoms with Crippen molar-refractivity contribution in [3.8, 4) is 0 Å². The van der Waals surface area contributed by atoms with E-state index in [9.17, 15) is 0 Å². The number of fused-ring (bicyclic) bond motifs is 1. The second kappa shape index (κ2) is 6.95. The predicted molar refractivity (Wildman–Crippen MR) is 82.9 cm³/mol. The molecule has 2 aromatic rings. The summed E-state index contributed by atoms with van der Waals surface area (Å²) in [6.45, 7) is 5.25. The molecule has 0 spiro atoms. The molecule has 0 saturated carbocycles. The quantitative estimate of drug-likeness (QED) is 0.666. The maximum Gasteiger partial charge on any atom is 0.0703 e. The summed E-state index contributed by atoms with van der Waals surface area (Å²) in [6.07, 6.45) is 5.52. The van der Waals surface area contributed by atoms with Crippen LogP contribution in [-0.2, 0) is 13.0 Å². The van der Waals surface area contributed by atoms with Gasteiger partial charge in [-0.05, 0) is 38.7 Å². The molecule has 104 valence electrons. The third-order valence-corrected chi connectivity index (χ3v) is 4.00. The zero-order chi connectivity index (χ0) is 13.7. The number of hydrogen-bond acceptors (Lipinski definition) is 1. The normalized spacial score (nSPS) is 13.0. The fourth-order valence-electron chi connectivity index (χ4n) is 2.57. The van der Waals surface area contributed by atoms with E-state index in [1.54, 1.807) is 0 Å². The van der Waals surface area contributed by atoms with Gasteiger partial charge in [0.2, 0.25) is 0 Å². The van der Waals surface area contributed by atoms with Crippen LogP contribution in [0.15, 0.2) is 24.3 Å². The largest absolute Gasteiger partial charge is 0.265 e. The highest BCUT2D eigenvalue weighted by molar-refractivity contribution is 6.20. The van der Waals surface area contributed by atoms with Crippen LogP contribution in [0.25, 0.3) is 10.9 Å². The summed E-state index contributed by atoms with van der Waals surface area (Å²) in [4.78, 5) is 0. The molecule has 1 atom stereocenters. The number of hydrogen-bond donors (Lipinski definition) is 0. The SMILES string of the molecule is CCCC(Cl)CCCc1nn(CC)c2ccccc12. The van der Waals surface area contributed by atoms with Crippen molar-refractivity contribution >= 4 is 22.5 Å². The molecule has 0 aliphatic carbocycles. The van der Waals surface area contributed by atoms with Crippen molar-refractivity contribution < 1.29 is 0 Å². The van der Waals surface area contributed by atoms with Gasteiger partial charge in [0.25, 0.3) is 0 Å². The van der Waals surface area contributed by atoms with Crippen molar-refractivity contribution in [2.24, 2.45) is 0 Å². The van der Waals surface area contributed by atoms with Crippen LogP contribution in [0.2, 0.25) is 0 Å². The van der Waals surface area contributed by atoms with Gasteiger partial charge < -0.3 is 0 Å². The first-order chi connectivity index (χ1) is 9.26. The maximum absolute atomic E-state index is 6.27. The van der Waals surface area contributed by atoms with Gasteiger partial charge in [-0.15, -0.1) is 11.6 Å². The summed E-state index contributed by atoms with van der Waals surface area (Å²) in [6, 6.07) is 8.50. The zero-order valence-corrected chi connectivity index (χ0v) is 12.7. The molecule has 1 aromatic carbocycles. The minimum atomic E-state index is 0.324. The minimum Gasteiger partial charge on any atom is -0.265 e. The van der Waals surface area contributed by atoms with Gasteiger partial charge in [0.15, 0.2) is 0 Å². The van der Waals surface area contributed by atoms with Gasteiger partial charge in [-0.2, -0.15) is 5.10 Å². The molecule has 0 N–H and O–H groups in total. The Balaban J connectivity index is 2.04. The van der Waals surface area contributed by atoms with Gasteiger partial charge in [-0.3, -0.25) is 4.68 Å². The van der Waals surface area contributed by atoms with Gasteiger partial charge in [-0.25, -0.2) is 0 Å². The predicted octanol–water partition coefficient (Wildman–Crippen LogP) is 4.79. The Morgan fingerprint density at radius 2 is 2.00 bits per heavy atom. The average molecular weight is 279 g/mol. The molecule has 1 heterocycles. The van der Waals surface area contributed by atoms with Crippen LogP contribution >= 0.6 is 11.6 Å². The van der Waals surface area contributed by atoms with Gasteiger partial charge >= 0.3 is 0 Å². The number of halogens is 1. The van der Waals surface area contributed by atoms with Crippen molar-refractivity contribution in [1.82, 2.24) is 9.78 Å². The first-order valence-corrected chi connectivity index (χ1v) is 7.78. The molecule has 1 aromatic heterocycles. The molecule has 0 fully saturated rings. The van der Waals surface area contributed by atoms with Crippen LogP contribution in [-0.4, -0.2) is 15.2 Å². The van der Waals surface area contributed by atoms with E-state index in [0.717, 1.165) is 32.2 Å². The molecule has 1 unspecified atom stereocenters. The van der Waals surface area contributed by atoms with Crippen molar-refractivity contribution in [2.45, 2.75) is 57.9 Å². The highest BCUT2D eigenvalue weighted by atomic mass is 35.5. The summed E-state index contributed by atoms with van der Waals surface area (Å²) in [5, 5.41) is 6.35. The van der Waals surface area contributed by atoms with E-state index in [-0.39, 0.29) is 0 Å². The number of para-hydroxylation sites is 1. The topological polar surface area (TPSA) is 17.8 Å². The van der Waals surface area contributed by atoms with Crippen molar-refractivity contribution in [3.05, 3.63) is 30.0 Å². The first-order valence-electron chi connectivity index (χ1n) is 7.34. The molecule has 0 aliphatic heterocycles. The minimum absolute atomic E-state index is 0.324. The standard InChI is InChI=1S/C16H23ClN2/c1-3-8-13(17)9-7-11-15-14-10-5-6-12-16(14)19(4-2)18-15/h5-6,10,12-13H,3-4,7-9,11H2,1-2H3. The number of aromatic nitrogens is 2. The number of aryl methyl sites for hydroxylation is 2. The highest BCUT2D eigenvalue weighted by Crippen LogP contribution is 2.21. The van der Waals surface area contributed by atoms with Crippen molar-refractivity contribution in [2.75, 3.05) is 0 Å². The van der Waals surface area contributed by atoms with E-state index in [1.807, 2.05) is 0 Å². The summed E-state index contributed by atoms with van der Waals surface area (Å²) in [5.41, 5.74) is 2.47. The molecular weight excluding hydrogens is 256 g/mol. The van der Waals surface area contributed by atoms with E-state index >= 15 is 0 Å². The number of nitrogens with zero attached hydrogens (tertiary/aromatic N) is 2. The van der Waals surface area contributed by atoms with Gasteiger partial charge in [0.1, 0.15) is 0 Å². The molecule has 2 nitrogen and oxygen atoms in total. The molecule has 19 heavy (non-hydrogen) atoms. The molecule has 0 bridgehead atoms. The second-order valence-corrected chi connectivity index (χ2v) is 5.68. The summed E-state index contributed by atoms with van der Waals surface area (Å²) in [5.74, 6) is 0. The van der Waals surface area contributed by atoms with Gasteiger partial charge in [0.05, 0.1) is 11.2 Å². The molecule has 0 radical (unpaired) electrons. The lowest BCUT2D eigenvalue weighted by Crippen LogP contribution is -2.00. The Bertz CT molecular complexity index is 518. The van der Waals surface area contributed by atoms with Gasteiger partial charge in [-0.1, -0.05) is 31.5 Å². The van der Waals surface area contributed by atoms with E-state index in [1.165, 1.54) is 23.0 Å². The summed E-state index contributed by atoms with van der Waals surface area (Å²) < 4.78 is 2.09. The van der Waals surface area contributed by atoms with E-state index < -0.39 is 0 Å². The van der Waals surface area contributed by atoms with E-state index in [2.05, 4.69) is 42.8 Å². The van der Waals surface area contributed by atoms with Crippen LogP contribution in [0.3, 0.4) is 0 Å². The smallest absolute Gasteiger partial charge is 0.0703 e. The number of rotatable bonds is 7. The van der Waals surface area contributed by atoms with Crippen LogP contribution in [0.5, 0.6) is 0 Å². The monoisotopic (exact) mass is 278 g/mol. The van der Waals surface area contributed by atoms with E-state index in [4.69, 9.17) is 16.7 Å².